The maximum atomic E-state index is 12.3. The molecule has 0 bridgehead atoms. The summed E-state index contributed by atoms with van der Waals surface area (Å²) < 4.78 is 11.4. The van der Waals surface area contributed by atoms with E-state index in [1.54, 1.807) is 25.1 Å². The van der Waals surface area contributed by atoms with Gasteiger partial charge in [-0.05, 0) is 54.4 Å². The van der Waals surface area contributed by atoms with Gasteiger partial charge in [-0.15, -0.1) is 0 Å². The third-order valence-electron chi connectivity index (χ3n) is 4.84. The molecule has 3 rings (SSSR count). The van der Waals surface area contributed by atoms with Gasteiger partial charge in [-0.25, -0.2) is 5.43 Å². The topological polar surface area (TPSA) is 80.2 Å². The lowest BCUT2D eigenvalue weighted by Gasteiger charge is -2.13. The van der Waals surface area contributed by atoms with E-state index in [0.717, 1.165) is 35.8 Å². The molecule has 0 saturated heterocycles. The molecule has 0 heterocycles. The van der Waals surface area contributed by atoms with E-state index in [-0.39, 0.29) is 5.75 Å². The highest BCUT2D eigenvalue weighted by Gasteiger charge is 2.14. The zero-order chi connectivity index (χ0) is 22.1. The molecule has 3 aromatic carbocycles. The summed E-state index contributed by atoms with van der Waals surface area (Å²) in [6.07, 6.45) is 4.03. The third kappa shape index (κ3) is 6.22. The van der Waals surface area contributed by atoms with E-state index in [9.17, 15) is 9.90 Å². The first-order valence-corrected chi connectivity index (χ1v) is 10.5. The summed E-state index contributed by atoms with van der Waals surface area (Å²) in [6, 6.07) is 18.3. The molecule has 2 N–H and O–H groups in total. The molecule has 31 heavy (non-hydrogen) atoms. The van der Waals surface area contributed by atoms with Crippen molar-refractivity contribution in [3.8, 4) is 17.2 Å². The number of aromatic hydroxyl groups is 1. The maximum absolute atomic E-state index is 12.3. The molecule has 3 aromatic rings. The Hall–Kier alpha value is -3.54. The highest BCUT2D eigenvalue weighted by Crippen LogP contribution is 2.25. The summed E-state index contributed by atoms with van der Waals surface area (Å²) in [6.45, 7) is 4.49. The van der Waals surface area contributed by atoms with Gasteiger partial charge in [0.25, 0.3) is 5.91 Å². The molecule has 0 aliphatic carbocycles. The van der Waals surface area contributed by atoms with Crippen LogP contribution in [0.25, 0.3) is 10.8 Å². The number of unbranched alkanes of at least 4 members (excludes halogenated alkanes) is 2. The predicted molar refractivity (Wildman–Crippen MR) is 123 cm³/mol. The molecule has 0 aliphatic rings. The molecule has 0 aliphatic heterocycles. The lowest BCUT2D eigenvalue weighted by Crippen LogP contribution is -2.33. The van der Waals surface area contributed by atoms with Gasteiger partial charge in [0.15, 0.2) is 6.10 Å². The Morgan fingerprint density at radius 3 is 2.58 bits per heavy atom. The molecule has 0 aromatic heterocycles. The maximum Gasteiger partial charge on any atom is 0.280 e. The van der Waals surface area contributed by atoms with Crippen LogP contribution in [0.2, 0.25) is 0 Å². The second kappa shape index (κ2) is 11.0. The van der Waals surface area contributed by atoms with Crippen molar-refractivity contribution in [1.29, 1.82) is 0 Å². The van der Waals surface area contributed by atoms with Gasteiger partial charge < -0.3 is 14.6 Å². The molecule has 1 atom stereocenters. The number of carbonyl (C=O) groups is 1. The smallest absolute Gasteiger partial charge is 0.280 e. The molecular formula is C25H28N2O4. The first-order valence-electron chi connectivity index (χ1n) is 10.5. The second-order valence-electron chi connectivity index (χ2n) is 7.24. The van der Waals surface area contributed by atoms with Gasteiger partial charge in [0, 0.05) is 5.56 Å². The van der Waals surface area contributed by atoms with Crippen LogP contribution in [-0.4, -0.2) is 29.9 Å². The fraction of sp³-hybridized carbons (Fsp3) is 0.280. The summed E-state index contributed by atoms with van der Waals surface area (Å²) in [5.74, 6) is 1.05. The fourth-order valence-corrected chi connectivity index (χ4v) is 3.09. The number of fused-ring (bicyclic) bond motifs is 1. The van der Waals surface area contributed by atoms with Crippen molar-refractivity contribution < 1.29 is 19.4 Å². The van der Waals surface area contributed by atoms with Crippen molar-refractivity contribution in [3.63, 3.8) is 0 Å². The van der Waals surface area contributed by atoms with Crippen LogP contribution in [0.1, 0.15) is 38.7 Å². The third-order valence-corrected chi connectivity index (χ3v) is 4.84. The van der Waals surface area contributed by atoms with Crippen LogP contribution in [0, 0.1) is 0 Å². The van der Waals surface area contributed by atoms with Crippen LogP contribution >= 0.6 is 0 Å². The van der Waals surface area contributed by atoms with Crippen molar-refractivity contribution in [3.05, 3.63) is 66.2 Å². The zero-order valence-electron chi connectivity index (χ0n) is 17.9. The standard InChI is InChI=1S/C25H28N2O4/c1-3-4-7-16-30-20-11-13-21(14-12-20)31-18(2)25(29)27-26-17-23-22-9-6-5-8-19(22)10-15-24(23)28/h5-6,8-15,17-18,28H,3-4,7,16H2,1-2H3,(H,27,29)/b26-17-/t18-/m1/s1. The van der Waals surface area contributed by atoms with Crippen LogP contribution < -0.4 is 14.9 Å². The Morgan fingerprint density at radius 1 is 1.06 bits per heavy atom. The number of phenols is 1. The number of phenolic OH excluding ortho intramolecular Hbond substituents is 1. The van der Waals surface area contributed by atoms with Gasteiger partial charge in [0.2, 0.25) is 0 Å². The number of hydrogen-bond acceptors (Lipinski definition) is 5. The van der Waals surface area contributed by atoms with Gasteiger partial charge in [-0.3, -0.25) is 4.79 Å². The molecular weight excluding hydrogens is 392 g/mol. The molecule has 0 fully saturated rings. The van der Waals surface area contributed by atoms with E-state index in [2.05, 4.69) is 17.5 Å². The van der Waals surface area contributed by atoms with E-state index in [4.69, 9.17) is 9.47 Å². The fourth-order valence-electron chi connectivity index (χ4n) is 3.09. The number of nitrogens with one attached hydrogen (secondary N) is 1. The number of rotatable bonds is 10. The average Bonchev–Trinajstić information content (AvgIpc) is 2.79. The largest absolute Gasteiger partial charge is 0.507 e. The molecule has 0 saturated carbocycles. The Labute approximate surface area is 182 Å². The highest BCUT2D eigenvalue weighted by atomic mass is 16.5. The number of carbonyl (C=O) groups excluding carboxylic acids is 1. The number of ether oxygens (including phenoxy) is 2. The molecule has 0 spiro atoms. The van der Waals surface area contributed by atoms with Crippen LogP contribution in [0.3, 0.4) is 0 Å². The van der Waals surface area contributed by atoms with Gasteiger partial charge >= 0.3 is 0 Å². The van der Waals surface area contributed by atoms with Gasteiger partial charge in [-0.2, -0.15) is 5.10 Å². The van der Waals surface area contributed by atoms with Crippen molar-refractivity contribution in [1.82, 2.24) is 5.43 Å². The quantitative estimate of drug-likeness (QED) is 0.274. The van der Waals surface area contributed by atoms with Crippen LogP contribution in [0.5, 0.6) is 17.2 Å². The van der Waals surface area contributed by atoms with Gasteiger partial charge in [0.05, 0.1) is 12.8 Å². The number of hydrazone groups is 1. The Kier molecular flexibility index (Phi) is 7.87. The Morgan fingerprint density at radius 2 is 1.81 bits per heavy atom. The first kappa shape index (κ1) is 22.2. The summed E-state index contributed by atoms with van der Waals surface area (Å²) in [4.78, 5) is 12.3. The second-order valence-corrected chi connectivity index (χ2v) is 7.24. The lowest BCUT2D eigenvalue weighted by atomic mass is 10.0. The van der Waals surface area contributed by atoms with E-state index >= 15 is 0 Å². The van der Waals surface area contributed by atoms with Crippen molar-refractivity contribution in [2.75, 3.05) is 6.61 Å². The molecule has 6 nitrogen and oxygen atoms in total. The highest BCUT2D eigenvalue weighted by molar-refractivity contribution is 6.02. The summed E-state index contributed by atoms with van der Waals surface area (Å²) >= 11 is 0. The number of benzene rings is 3. The minimum atomic E-state index is -0.741. The molecule has 0 unspecified atom stereocenters. The van der Waals surface area contributed by atoms with E-state index in [1.165, 1.54) is 6.21 Å². The predicted octanol–water partition coefficient (Wildman–Crippen LogP) is 5.03. The summed E-state index contributed by atoms with van der Waals surface area (Å²) in [5.41, 5.74) is 3.01. The number of amides is 1. The van der Waals surface area contributed by atoms with E-state index in [1.807, 2.05) is 42.5 Å². The van der Waals surface area contributed by atoms with Crippen LogP contribution in [0.4, 0.5) is 0 Å². The molecule has 6 heteroatoms. The van der Waals surface area contributed by atoms with Gasteiger partial charge in [-0.1, -0.05) is 50.1 Å². The molecule has 162 valence electrons. The van der Waals surface area contributed by atoms with Crippen LogP contribution in [0.15, 0.2) is 65.8 Å². The molecule has 0 radical (unpaired) electrons. The van der Waals surface area contributed by atoms with E-state index < -0.39 is 12.0 Å². The Bertz CT molecular complexity index is 1030. The SMILES string of the molecule is CCCCCOc1ccc(O[C@H](C)C(=O)N/N=C\c2c(O)ccc3ccccc23)cc1. The summed E-state index contributed by atoms with van der Waals surface area (Å²) in [5, 5.41) is 16.0. The number of hydrogen-bond donors (Lipinski definition) is 2. The van der Waals surface area contributed by atoms with Crippen molar-refractivity contribution in [2.24, 2.45) is 5.10 Å². The minimum absolute atomic E-state index is 0.0954. The number of nitrogens with zero attached hydrogens (tertiary/aromatic N) is 1. The van der Waals surface area contributed by atoms with Crippen molar-refractivity contribution >= 4 is 22.9 Å². The molecule has 1 amide bonds. The first-order chi connectivity index (χ1) is 15.1. The van der Waals surface area contributed by atoms with Crippen molar-refractivity contribution in [2.45, 2.75) is 39.2 Å². The minimum Gasteiger partial charge on any atom is -0.507 e. The van der Waals surface area contributed by atoms with Gasteiger partial charge in [0.1, 0.15) is 17.2 Å². The average molecular weight is 421 g/mol. The zero-order valence-corrected chi connectivity index (χ0v) is 17.9. The normalized spacial score (nSPS) is 12.1. The summed E-state index contributed by atoms with van der Waals surface area (Å²) in [7, 11) is 0. The lowest BCUT2D eigenvalue weighted by molar-refractivity contribution is -0.127. The Balaban J connectivity index is 1.54. The van der Waals surface area contributed by atoms with E-state index in [0.29, 0.717) is 17.9 Å². The van der Waals surface area contributed by atoms with Crippen LogP contribution in [-0.2, 0) is 4.79 Å². The monoisotopic (exact) mass is 420 g/mol.